The Morgan fingerprint density at radius 1 is 1.21 bits per heavy atom. The summed E-state index contributed by atoms with van der Waals surface area (Å²) < 4.78 is 0. The predicted molar refractivity (Wildman–Crippen MR) is 113 cm³/mol. The smallest absolute Gasteiger partial charge is 0.217 e. The first kappa shape index (κ1) is 20.9. The van der Waals surface area contributed by atoms with Crippen molar-refractivity contribution >= 4 is 23.9 Å². The fraction of sp³-hybridized carbons (Fsp3) is 0.364. The first-order valence-electron chi connectivity index (χ1n) is 9.59. The zero-order valence-electron chi connectivity index (χ0n) is 16.3. The van der Waals surface area contributed by atoms with E-state index in [2.05, 4.69) is 23.3 Å². The average molecular weight is 405 g/mol. The molecule has 1 aliphatic heterocycles. The molecule has 7 heteroatoms. The first-order chi connectivity index (χ1) is 14.1. The van der Waals surface area contributed by atoms with E-state index in [1.807, 2.05) is 37.3 Å². The monoisotopic (exact) mass is 404 g/mol. The molecule has 1 aromatic heterocycles. The van der Waals surface area contributed by atoms with Crippen molar-refractivity contribution in [2.75, 3.05) is 18.0 Å². The van der Waals surface area contributed by atoms with Gasteiger partial charge in [-0.2, -0.15) is 10.5 Å². The van der Waals surface area contributed by atoms with Crippen LogP contribution < -0.4 is 10.6 Å². The van der Waals surface area contributed by atoms with Crippen molar-refractivity contribution in [2.24, 2.45) is 5.73 Å². The maximum Gasteiger partial charge on any atom is 0.217 e. The molecule has 3 rings (SSSR count). The van der Waals surface area contributed by atoms with Gasteiger partial charge in [0, 0.05) is 19.1 Å². The molecule has 2 heterocycles. The van der Waals surface area contributed by atoms with Gasteiger partial charge in [0.1, 0.15) is 28.2 Å². The molecular formula is C22H22N5OS. The highest BCUT2D eigenvalue weighted by molar-refractivity contribution is 8.00. The molecule has 2 N–H and O–H groups in total. The van der Waals surface area contributed by atoms with Gasteiger partial charge in [0.15, 0.2) is 0 Å². The minimum Gasteiger partial charge on any atom is -0.355 e. The Morgan fingerprint density at radius 2 is 1.86 bits per heavy atom. The van der Waals surface area contributed by atoms with Crippen LogP contribution in [0, 0.1) is 22.7 Å². The highest BCUT2D eigenvalue weighted by Crippen LogP contribution is 2.39. The molecule has 2 aromatic rings. The summed E-state index contributed by atoms with van der Waals surface area (Å²) in [7, 11) is 0. The molecular weight excluding hydrogens is 382 g/mol. The number of anilines is 1. The Labute approximate surface area is 175 Å². The second-order valence-electron chi connectivity index (χ2n) is 6.90. The number of nitrogens with two attached hydrogens (primary N) is 1. The number of piperidine rings is 1. The Morgan fingerprint density at radius 3 is 2.41 bits per heavy atom. The molecule has 1 radical (unpaired) electrons. The van der Waals surface area contributed by atoms with Gasteiger partial charge in [0.25, 0.3) is 0 Å². The molecule has 1 unspecified atom stereocenters. The summed E-state index contributed by atoms with van der Waals surface area (Å²) in [6.45, 7) is 3.34. The lowest BCUT2D eigenvalue weighted by Gasteiger charge is -2.32. The molecule has 0 bridgehead atoms. The van der Waals surface area contributed by atoms with Crippen LogP contribution in [0.4, 0.5) is 5.82 Å². The van der Waals surface area contributed by atoms with E-state index >= 15 is 0 Å². The number of hydrogen-bond donors (Lipinski definition) is 1. The van der Waals surface area contributed by atoms with Crippen LogP contribution in [0.3, 0.4) is 0 Å². The van der Waals surface area contributed by atoms with Crippen molar-refractivity contribution in [1.29, 1.82) is 10.5 Å². The molecule has 0 amide bonds. The molecule has 6 nitrogen and oxygen atoms in total. The maximum atomic E-state index is 11.7. The summed E-state index contributed by atoms with van der Waals surface area (Å²) in [6.07, 6.45) is 4.24. The molecule has 1 atom stereocenters. The van der Waals surface area contributed by atoms with E-state index in [4.69, 9.17) is 10.7 Å². The molecule has 0 aliphatic carbocycles. The van der Waals surface area contributed by atoms with Crippen molar-refractivity contribution in [1.82, 2.24) is 4.98 Å². The van der Waals surface area contributed by atoms with Crippen molar-refractivity contribution in [3.63, 3.8) is 0 Å². The largest absolute Gasteiger partial charge is 0.355 e. The normalized spacial score (nSPS) is 15.4. The third-order valence-electron chi connectivity index (χ3n) is 5.10. The van der Waals surface area contributed by atoms with Crippen LogP contribution in [-0.2, 0) is 11.2 Å². The highest BCUT2D eigenvalue weighted by atomic mass is 32.2. The second kappa shape index (κ2) is 9.56. The van der Waals surface area contributed by atoms with Gasteiger partial charge in [0.05, 0.1) is 11.1 Å². The minimum absolute atomic E-state index is 0.154. The van der Waals surface area contributed by atoms with Crippen LogP contribution in [0.1, 0.15) is 47.3 Å². The minimum atomic E-state index is -0.601. The number of carbonyl (C=O) groups excluding carboxylic acids is 1. The van der Waals surface area contributed by atoms with Crippen molar-refractivity contribution in [3.05, 3.63) is 52.6 Å². The molecule has 1 saturated heterocycles. The number of aromatic nitrogens is 1. The summed E-state index contributed by atoms with van der Waals surface area (Å²) in [5.74, 6) is 0.579. The van der Waals surface area contributed by atoms with Gasteiger partial charge in [-0.15, -0.1) is 0 Å². The quantitative estimate of drug-likeness (QED) is 0.736. The average Bonchev–Trinajstić information content (AvgIpc) is 2.77. The van der Waals surface area contributed by atoms with Crippen LogP contribution in [-0.4, -0.2) is 30.4 Å². The van der Waals surface area contributed by atoms with Crippen LogP contribution in [0.5, 0.6) is 0 Å². The topological polar surface area (TPSA) is 107 Å². The van der Waals surface area contributed by atoms with E-state index in [9.17, 15) is 15.3 Å². The number of nitriles is 2. The molecule has 29 heavy (non-hydrogen) atoms. The van der Waals surface area contributed by atoms with E-state index < -0.39 is 5.25 Å². The standard InChI is InChI=1S/C22H22N5OS/c1-2-17-18(12-23)21(27-10-8-16(25)9-11-27)26-22(19(17)13-24)29-20(14-28)15-6-4-3-5-7-15/h3-7,16,20H,2,8-11,25H2,1H3. The number of hydrogen-bond acceptors (Lipinski definition) is 7. The van der Waals surface area contributed by atoms with E-state index in [1.165, 1.54) is 11.8 Å². The Hall–Kier alpha value is -2.87. The zero-order chi connectivity index (χ0) is 20.8. The molecule has 1 aromatic carbocycles. The van der Waals surface area contributed by atoms with Crippen molar-refractivity contribution in [3.8, 4) is 12.1 Å². The fourth-order valence-corrected chi connectivity index (χ4v) is 4.50. The molecule has 0 spiro atoms. The van der Waals surface area contributed by atoms with Crippen LogP contribution in [0.25, 0.3) is 0 Å². The number of pyridine rings is 1. The van der Waals surface area contributed by atoms with Gasteiger partial charge in [-0.25, -0.2) is 4.98 Å². The van der Waals surface area contributed by atoms with Gasteiger partial charge in [-0.1, -0.05) is 49.0 Å². The lowest BCUT2D eigenvalue weighted by Crippen LogP contribution is -2.40. The highest BCUT2D eigenvalue weighted by Gasteiger charge is 2.27. The second-order valence-corrected chi connectivity index (χ2v) is 7.99. The molecule has 0 saturated carbocycles. The van der Waals surface area contributed by atoms with Gasteiger partial charge in [-0.05, 0) is 30.4 Å². The first-order valence-corrected chi connectivity index (χ1v) is 10.5. The van der Waals surface area contributed by atoms with E-state index in [-0.39, 0.29) is 6.04 Å². The third kappa shape index (κ3) is 4.42. The molecule has 1 aliphatic rings. The van der Waals surface area contributed by atoms with E-state index in [0.29, 0.717) is 47.0 Å². The third-order valence-corrected chi connectivity index (χ3v) is 6.23. The van der Waals surface area contributed by atoms with Crippen molar-refractivity contribution < 1.29 is 4.79 Å². The number of nitrogens with zero attached hydrogens (tertiary/aromatic N) is 4. The fourth-order valence-electron chi connectivity index (χ4n) is 3.51. The number of thioether (sulfide) groups is 1. The van der Waals surface area contributed by atoms with Gasteiger partial charge >= 0.3 is 0 Å². The lowest BCUT2D eigenvalue weighted by atomic mass is 10.00. The Kier molecular flexibility index (Phi) is 6.87. The SMILES string of the molecule is CCc1c(C#N)c(SC([C]=O)c2ccccc2)nc(N2CCC(N)CC2)c1C#N. The Balaban J connectivity index is 2.08. The van der Waals surface area contributed by atoms with E-state index in [1.54, 1.807) is 0 Å². The number of rotatable bonds is 6. The summed E-state index contributed by atoms with van der Waals surface area (Å²) >= 11 is 1.20. The van der Waals surface area contributed by atoms with Crippen LogP contribution in [0.2, 0.25) is 0 Å². The summed E-state index contributed by atoms with van der Waals surface area (Å²) in [5.41, 5.74) is 8.30. The van der Waals surface area contributed by atoms with Gasteiger partial charge in [-0.3, -0.25) is 4.79 Å². The van der Waals surface area contributed by atoms with E-state index in [0.717, 1.165) is 18.4 Å². The van der Waals surface area contributed by atoms with Crippen LogP contribution >= 0.6 is 11.8 Å². The van der Waals surface area contributed by atoms with Gasteiger partial charge < -0.3 is 10.6 Å². The lowest BCUT2D eigenvalue weighted by molar-refractivity contribution is 0.497. The molecule has 147 valence electrons. The zero-order valence-corrected chi connectivity index (χ0v) is 17.1. The maximum absolute atomic E-state index is 11.7. The predicted octanol–water partition coefficient (Wildman–Crippen LogP) is 3.26. The van der Waals surface area contributed by atoms with Crippen LogP contribution in [0.15, 0.2) is 35.4 Å². The van der Waals surface area contributed by atoms with Crippen molar-refractivity contribution in [2.45, 2.75) is 42.5 Å². The molecule has 1 fully saturated rings. The Bertz CT molecular complexity index is 956. The summed E-state index contributed by atoms with van der Waals surface area (Å²) in [5, 5.41) is 19.5. The number of benzene rings is 1. The van der Waals surface area contributed by atoms with Gasteiger partial charge in [0.2, 0.25) is 6.29 Å². The summed E-state index contributed by atoms with van der Waals surface area (Å²) in [6, 6.07) is 13.9. The summed E-state index contributed by atoms with van der Waals surface area (Å²) in [4.78, 5) is 18.4.